The average Bonchev–Trinajstić information content (AvgIpc) is 3.23. The minimum Gasteiger partial charge on any atom is -0.312 e. The lowest BCUT2D eigenvalue weighted by atomic mass is 10.1. The standard InChI is InChI=1S/C16H18ClFN2S/c1-2-19-9-14-16(10-6-7-10)20-15(21-14)8-11-12(17)4-3-5-13(11)18/h3-5,10,19H,2,6-9H2,1H3. The van der Waals surface area contributed by atoms with Crippen LogP contribution in [0.4, 0.5) is 4.39 Å². The van der Waals surface area contributed by atoms with Crippen molar-refractivity contribution in [1.29, 1.82) is 0 Å². The van der Waals surface area contributed by atoms with Crippen molar-refractivity contribution in [2.75, 3.05) is 6.54 Å². The van der Waals surface area contributed by atoms with Gasteiger partial charge in [-0.2, -0.15) is 0 Å². The second-order valence-corrected chi connectivity index (χ2v) is 6.92. The number of benzene rings is 1. The third-order valence-electron chi connectivity index (χ3n) is 3.66. The Labute approximate surface area is 133 Å². The van der Waals surface area contributed by atoms with Gasteiger partial charge in [0.2, 0.25) is 0 Å². The highest BCUT2D eigenvalue weighted by Crippen LogP contribution is 2.43. The van der Waals surface area contributed by atoms with Crippen molar-refractivity contribution >= 4 is 22.9 Å². The molecule has 1 N–H and O–H groups in total. The van der Waals surface area contributed by atoms with E-state index < -0.39 is 0 Å². The summed E-state index contributed by atoms with van der Waals surface area (Å²) in [5.41, 5.74) is 1.76. The van der Waals surface area contributed by atoms with Gasteiger partial charge in [0.05, 0.1) is 10.7 Å². The monoisotopic (exact) mass is 324 g/mol. The molecule has 1 aliphatic carbocycles. The van der Waals surface area contributed by atoms with E-state index in [2.05, 4.69) is 12.2 Å². The number of rotatable bonds is 6. The normalized spacial score (nSPS) is 14.6. The molecular weight excluding hydrogens is 307 g/mol. The summed E-state index contributed by atoms with van der Waals surface area (Å²) in [6, 6.07) is 4.82. The van der Waals surface area contributed by atoms with Crippen LogP contribution in [0.15, 0.2) is 18.2 Å². The molecule has 0 spiro atoms. The second kappa shape index (κ2) is 6.42. The van der Waals surface area contributed by atoms with Gasteiger partial charge in [0.1, 0.15) is 5.82 Å². The number of hydrogen-bond acceptors (Lipinski definition) is 3. The van der Waals surface area contributed by atoms with Crippen molar-refractivity contribution in [3.8, 4) is 0 Å². The Hall–Kier alpha value is -0.970. The van der Waals surface area contributed by atoms with Gasteiger partial charge in [0, 0.05) is 34.3 Å². The zero-order valence-electron chi connectivity index (χ0n) is 12.0. The van der Waals surface area contributed by atoms with Gasteiger partial charge in [0.15, 0.2) is 0 Å². The van der Waals surface area contributed by atoms with Crippen LogP contribution in [0, 0.1) is 5.82 Å². The zero-order chi connectivity index (χ0) is 14.8. The van der Waals surface area contributed by atoms with Crippen molar-refractivity contribution < 1.29 is 4.39 Å². The Morgan fingerprint density at radius 3 is 2.90 bits per heavy atom. The molecule has 2 aromatic rings. The number of aromatic nitrogens is 1. The highest BCUT2D eigenvalue weighted by Gasteiger charge is 2.29. The van der Waals surface area contributed by atoms with Gasteiger partial charge >= 0.3 is 0 Å². The molecule has 0 atom stereocenters. The van der Waals surface area contributed by atoms with Crippen molar-refractivity contribution in [2.45, 2.75) is 38.6 Å². The molecule has 1 fully saturated rings. The van der Waals surface area contributed by atoms with E-state index in [1.54, 1.807) is 23.5 Å². The van der Waals surface area contributed by atoms with Gasteiger partial charge < -0.3 is 5.32 Å². The fourth-order valence-corrected chi connectivity index (χ4v) is 3.75. The molecule has 0 radical (unpaired) electrons. The number of nitrogens with zero attached hydrogens (tertiary/aromatic N) is 1. The Bertz CT molecular complexity index is 617. The molecule has 0 unspecified atom stereocenters. The number of halogens is 2. The average molecular weight is 325 g/mol. The lowest BCUT2D eigenvalue weighted by Gasteiger charge is -2.03. The number of nitrogens with one attached hydrogen (secondary N) is 1. The summed E-state index contributed by atoms with van der Waals surface area (Å²) < 4.78 is 13.9. The van der Waals surface area contributed by atoms with Crippen LogP contribution in [0.3, 0.4) is 0 Å². The SMILES string of the molecule is CCNCc1sc(Cc2c(F)cccc2Cl)nc1C1CC1. The molecule has 0 amide bonds. The van der Waals surface area contributed by atoms with Gasteiger partial charge in [0.25, 0.3) is 0 Å². The molecule has 2 nitrogen and oxygen atoms in total. The fraction of sp³-hybridized carbons (Fsp3) is 0.438. The highest BCUT2D eigenvalue weighted by atomic mass is 35.5. The summed E-state index contributed by atoms with van der Waals surface area (Å²) in [5, 5.41) is 4.79. The predicted octanol–water partition coefficient (Wildman–Crippen LogP) is 4.51. The zero-order valence-corrected chi connectivity index (χ0v) is 13.5. The molecule has 21 heavy (non-hydrogen) atoms. The summed E-state index contributed by atoms with van der Waals surface area (Å²) in [4.78, 5) is 6.05. The molecule has 0 aliphatic heterocycles. The lowest BCUT2D eigenvalue weighted by molar-refractivity contribution is 0.614. The third kappa shape index (κ3) is 3.44. The van der Waals surface area contributed by atoms with E-state index in [0.717, 1.165) is 18.1 Å². The Morgan fingerprint density at radius 1 is 1.43 bits per heavy atom. The van der Waals surface area contributed by atoms with E-state index in [1.807, 2.05) is 0 Å². The Morgan fingerprint density at radius 2 is 2.24 bits per heavy atom. The smallest absolute Gasteiger partial charge is 0.128 e. The van der Waals surface area contributed by atoms with Crippen LogP contribution in [-0.4, -0.2) is 11.5 Å². The summed E-state index contributed by atoms with van der Waals surface area (Å²) in [5.74, 6) is 0.360. The van der Waals surface area contributed by atoms with Crippen molar-refractivity contribution in [2.24, 2.45) is 0 Å². The molecular formula is C16H18ClFN2S. The van der Waals surface area contributed by atoms with Gasteiger partial charge in [-0.15, -0.1) is 11.3 Å². The maximum Gasteiger partial charge on any atom is 0.128 e. The topological polar surface area (TPSA) is 24.9 Å². The molecule has 1 aromatic heterocycles. The van der Waals surface area contributed by atoms with Crippen LogP contribution in [0.1, 0.15) is 46.8 Å². The largest absolute Gasteiger partial charge is 0.312 e. The highest BCUT2D eigenvalue weighted by molar-refractivity contribution is 7.11. The molecule has 1 saturated carbocycles. The van der Waals surface area contributed by atoms with E-state index in [9.17, 15) is 4.39 Å². The van der Waals surface area contributed by atoms with Crippen molar-refractivity contribution in [1.82, 2.24) is 10.3 Å². The molecule has 5 heteroatoms. The predicted molar refractivity (Wildman–Crippen MR) is 85.7 cm³/mol. The van der Waals surface area contributed by atoms with E-state index in [0.29, 0.717) is 22.9 Å². The molecule has 0 bridgehead atoms. The van der Waals surface area contributed by atoms with E-state index >= 15 is 0 Å². The first-order valence-corrected chi connectivity index (χ1v) is 8.50. The molecule has 1 aliphatic rings. The second-order valence-electron chi connectivity index (χ2n) is 5.35. The van der Waals surface area contributed by atoms with Crippen LogP contribution < -0.4 is 5.32 Å². The van der Waals surface area contributed by atoms with Crippen molar-refractivity contribution in [3.63, 3.8) is 0 Å². The van der Waals surface area contributed by atoms with E-state index in [4.69, 9.17) is 16.6 Å². The Balaban J connectivity index is 1.85. The van der Waals surface area contributed by atoms with E-state index in [1.165, 1.54) is 29.5 Å². The minimum absolute atomic E-state index is 0.251. The van der Waals surface area contributed by atoms with Crippen LogP contribution in [-0.2, 0) is 13.0 Å². The first-order valence-electron chi connectivity index (χ1n) is 7.31. The maximum atomic E-state index is 13.9. The molecule has 3 rings (SSSR count). The summed E-state index contributed by atoms with van der Waals surface area (Å²) in [7, 11) is 0. The quantitative estimate of drug-likeness (QED) is 0.845. The minimum atomic E-state index is -0.251. The van der Waals surface area contributed by atoms with Gasteiger partial charge in [-0.1, -0.05) is 24.6 Å². The lowest BCUT2D eigenvalue weighted by Crippen LogP contribution is -2.11. The van der Waals surface area contributed by atoms with Crippen molar-refractivity contribution in [3.05, 3.63) is 50.2 Å². The Kier molecular flexibility index (Phi) is 4.57. The van der Waals surface area contributed by atoms with Crippen LogP contribution in [0.5, 0.6) is 0 Å². The number of hydrogen-bond donors (Lipinski definition) is 1. The molecule has 1 aromatic carbocycles. The first kappa shape index (κ1) is 14.9. The van der Waals surface area contributed by atoms with Gasteiger partial charge in [-0.3, -0.25) is 0 Å². The van der Waals surface area contributed by atoms with Crippen LogP contribution in [0.25, 0.3) is 0 Å². The summed E-state index contributed by atoms with van der Waals surface area (Å²) in [6.45, 7) is 3.89. The molecule has 1 heterocycles. The number of thiazole rings is 1. The summed E-state index contributed by atoms with van der Waals surface area (Å²) in [6.07, 6.45) is 2.92. The van der Waals surface area contributed by atoms with Crippen LogP contribution >= 0.6 is 22.9 Å². The third-order valence-corrected chi connectivity index (χ3v) is 5.09. The maximum absolute atomic E-state index is 13.9. The van der Waals surface area contributed by atoms with Gasteiger partial charge in [-0.05, 0) is 31.5 Å². The first-order chi connectivity index (χ1) is 10.2. The summed E-state index contributed by atoms with van der Waals surface area (Å²) >= 11 is 7.79. The van der Waals surface area contributed by atoms with Crippen LogP contribution in [0.2, 0.25) is 5.02 Å². The fourth-order valence-electron chi connectivity index (χ4n) is 2.38. The molecule has 112 valence electrons. The molecule has 0 saturated heterocycles. The van der Waals surface area contributed by atoms with E-state index in [-0.39, 0.29) is 5.82 Å². The van der Waals surface area contributed by atoms with Gasteiger partial charge in [-0.25, -0.2) is 9.37 Å².